The Balaban J connectivity index is 1.42. The van der Waals surface area contributed by atoms with Gasteiger partial charge in [0.05, 0.1) is 42.3 Å². The topological polar surface area (TPSA) is 136 Å². The van der Waals surface area contributed by atoms with Gasteiger partial charge in [-0.2, -0.15) is 5.26 Å². The number of nitrogens with one attached hydrogen (secondary N) is 3. The van der Waals surface area contributed by atoms with Gasteiger partial charge in [-0.15, -0.1) is 0 Å². The van der Waals surface area contributed by atoms with Crippen LogP contribution in [0.1, 0.15) is 27.1 Å². The summed E-state index contributed by atoms with van der Waals surface area (Å²) < 4.78 is 32.7. The van der Waals surface area contributed by atoms with Crippen molar-refractivity contribution in [1.82, 2.24) is 15.2 Å². The number of nitrogens with zero attached hydrogens (tertiary/aromatic N) is 3. The molecule has 0 radical (unpaired) electrons. The number of halogens is 2. The lowest BCUT2D eigenvalue weighted by atomic mass is 10.1. The largest absolute Gasteiger partial charge is 0.490 e. The van der Waals surface area contributed by atoms with E-state index in [1.54, 1.807) is 24.3 Å². The number of likely N-dealkylation sites (tertiary alicyclic amines) is 1. The summed E-state index contributed by atoms with van der Waals surface area (Å²) in [5.41, 5.74) is 1.18. The van der Waals surface area contributed by atoms with Gasteiger partial charge >= 0.3 is 0 Å². The summed E-state index contributed by atoms with van der Waals surface area (Å²) in [6, 6.07) is 6.65. The zero-order valence-corrected chi connectivity index (χ0v) is 17.8. The number of rotatable bonds is 5. The van der Waals surface area contributed by atoms with Crippen molar-refractivity contribution in [3.05, 3.63) is 47.8 Å². The first-order valence-electron chi connectivity index (χ1n) is 10.4. The van der Waals surface area contributed by atoms with Crippen LogP contribution in [0.2, 0.25) is 0 Å². The Bertz CT molecular complexity index is 1180. The highest BCUT2D eigenvalue weighted by molar-refractivity contribution is 6.09. The molecule has 0 aliphatic carbocycles. The third kappa shape index (κ3) is 4.88. The van der Waals surface area contributed by atoms with Gasteiger partial charge in [0.1, 0.15) is 18.4 Å². The van der Waals surface area contributed by atoms with Crippen LogP contribution in [0, 0.1) is 11.3 Å². The van der Waals surface area contributed by atoms with E-state index >= 15 is 0 Å². The number of aromatic nitrogens is 1. The van der Waals surface area contributed by atoms with Gasteiger partial charge in [-0.05, 0) is 24.3 Å². The van der Waals surface area contributed by atoms with Gasteiger partial charge in [0.25, 0.3) is 17.7 Å². The molecule has 0 unspecified atom stereocenters. The molecule has 3 heterocycles. The molecule has 1 saturated heterocycles. The minimum absolute atomic E-state index is 0.0237. The second-order valence-electron chi connectivity index (χ2n) is 7.77. The van der Waals surface area contributed by atoms with Crippen LogP contribution in [0.4, 0.5) is 20.2 Å². The molecule has 12 heteroatoms. The summed E-state index contributed by atoms with van der Waals surface area (Å²) in [5, 5.41) is 17.1. The number of carbonyl (C=O) groups is 3. The molecule has 2 aliphatic rings. The second-order valence-corrected chi connectivity index (χ2v) is 7.77. The van der Waals surface area contributed by atoms with Gasteiger partial charge in [0.2, 0.25) is 5.91 Å². The molecule has 1 fully saturated rings. The van der Waals surface area contributed by atoms with Crippen LogP contribution < -0.4 is 20.7 Å². The van der Waals surface area contributed by atoms with E-state index in [4.69, 9.17) is 10.00 Å². The van der Waals surface area contributed by atoms with Crippen molar-refractivity contribution < 1.29 is 27.9 Å². The SMILES string of the molecule is N#C[C@@H]1CC(F)(F)CN1C(=O)CNC(=O)c1ccncc1NC(=O)c1ccc2c(c1)OCCN2. The van der Waals surface area contributed by atoms with Gasteiger partial charge in [-0.3, -0.25) is 19.4 Å². The first-order chi connectivity index (χ1) is 16.3. The second kappa shape index (κ2) is 9.30. The van der Waals surface area contributed by atoms with Crippen LogP contribution in [0.25, 0.3) is 0 Å². The molecule has 34 heavy (non-hydrogen) atoms. The number of pyridine rings is 1. The first kappa shape index (κ1) is 22.9. The Morgan fingerprint density at radius 2 is 2.12 bits per heavy atom. The Kier molecular flexibility index (Phi) is 6.27. The van der Waals surface area contributed by atoms with E-state index in [0.717, 1.165) is 10.6 Å². The van der Waals surface area contributed by atoms with E-state index < -0.39 is 49.2 Å². The molecule has 1 aromatic carbocycles. The number of hydrogen-bond acceptors (Lipinski definition) is 7. The number of carbonyl (C=O) groups excluding carboxylic acids is 3. The van der Waals surface area contributed by atoms with E-state index in [9.17, 15) is 23.2 Å². The maximum Gasteiger partial charge on any atom is 0.268 e. The minimum atomic E-state index is -3.15. The molecular weight excluding hydrogens is 450 g/mol. The molecule has 2 aromatic rings. The van der Waals surface area contributed by atoms with Crippen molar-refractivity contribution in [3.8, 4) is 11.8 Å². The number of anilines is 2. The van der Waals surface area contributed by atoms with Crippen LogP contribution in [-0.4, -0.2) is 65.8 Å². The van der Waals surface area contributed by atoms with E-state index in [-0.39, 0.29) is 11.3 Å². The summed E-state index contributed by atoms with van der Waals surface area (Å²) in [6.07, 6.45) is 1.86. The van der Waals surface area contributed by atoms with Gasteiger partial charge in [0, 0.05) is 24.7 Å². The summed E-state index contributed by atoms with van der Waals surface area (Å²) in [5.74, 6) is -4.65. The van der Waals surface area contributed by atoms with Gasteiger partial charge in [0.15, 0.2) is 0 Å². The molecule has 3 amide bonds. The molecule has 4 rings (SSSR count). The van der Waals surface area contributed by atoms with E-state index in [1.807, 2.05) is 0 Å². The number of ether oxygens (including phenoxy) is 1. The van der Waals surface area contributed by atoms with Crippen LogP contribution in [0.15, 0.2) is 36.7 Å². The fraction of sp³-hybridized carbons (Fsp3) is 0.318. The normalized spacial score (nSPS) is 18.0. The van der Waals surface area contributed by atoms with Crippen LogP contribution in [-0.2, 0) is 4.79 Å². The minimum Gasteiger partial charge on any atom is -0.490 e. The molecule has 0 bridgehead atoms. The van der Waals surface area contributed by atoms with Crippen molar-refractivity contribution >= 4 is 29.1 Å². The fourth-order valence-electron chi connectivity index (χ4n) is 3.71. The Hall–Kier alpha value is -4.27. The molecule has 176 valence electrons. The monoisotopic (exact) mass is 470 g/mol. The van der Waals surface area contributed by atoms with Crippen molar-refractivity contribution in [1.29, 1.82) is 5.26 Å². The molecule has 0 spiro atoms. The summed E-state index contributed by atoms with van der Waals surface area (Å²) in [4.78, 5) is 42.4. The van der Waals surface area contributed by atoms with Gasteiger partial charge in [-0.25, -0.2) is 8.78 Å². The Morgan fingerprint density at radius 1 is 1.29 bits per heavy atom. The van der Waals surface area contributed by atoms with Crippen LogP contribution >= 0.6 is 0 Å². The summed E-state index contributed by atoms with van der Waals surface area (Å²) in [7, 11) is 0. The fourth-order valence-corrected chi connectivity index (χ4v) is 3.71. The average Bonchev–Trinajstić information content (AvgIpc) is 3.17. The highest BCUT2D eigenvalue weighted by Crippen LogP contribution is 2.31. The maximum atomic E-state index is 13.6. The first-order valence-corrected chi connectivity index (χ1v) is 10.4. The Morgan fingerprint density at radius 3 is 2.91 bits per heavy atom. The van der Waals surface area contributed by atoms with Crippen molar-refractivity contribution in [2.75, 3.05) is 36.9 Å². The summed E-state index contributed by atoms with van der Waals surface area (Å²) in [6.45, 7) is -0.338. The smallest absolute Gasteiger partial charge is 0.268 e. The lowest BCUT2D eigenvalue weighted by molar-refractivity contribution is -0.131. The number of amides is 3. The summed E-state index contributed by atoms with van der Waals surface area (Å²) >= 11 is 0. The molecule has 1 atom stereocenters. The number of nitriles is 1. The standard InChI is InChI=1S/C22H20F2N6O4/c23-22(24)8-14(9-25)30(12-22)19(31)11-28-21(33)15-3-4-26-10-17(15)29-20(32)13-1-2-16-18(7-13)34-6-5-27-16/h1-4,7,10,14,27H,5-6,8,11-12H2,(H,28,33)(H,29,32)/t14-/m0/s1. The van der Waals surface area contributed by atoms with Gasteiger partial charge < -0.3 is 25.6 Å². The zero-order valence-electron chi connectivity index (χ0n) is 17.8. The highest BCUT2D eigenvalue weighted by atomic mass is 19.3. The van der Waals surface area contributed by atoms with Crippen LogP contribution in [0.3, 0.4) is 0 Å². The Labute approximate surface area is 192 Å². The third-order valence-electron chi connectivity index (χ3n) is 5.37. The zero-order chi connectivity index (χ0) is 24.3. The number of hydrogen-bond donors (Lipinski definition) is 3. The average molecular weight is 470 g/mol. The third-order valence-corrected chi connectivity index (χ3v) is 5.37. The maximum absolute atomic E-state index is 13.6. The molecule has 2 aliphatic heterocycles. The molecule has 3 N–H and O–H groups in total. The van der Waals surface area contributed by atoms with E-state index in [0.29, 0.717) is 24.5 Å². The number of benzene rings is 1. The van der Waals surface area contributed by atoms with Gasteiger partial charge in [-0.1, -0.05) is 0 Å². The van der Waals surface area contributed by atoms with E-state index in [1.165, 1.54) is 18.5 Å². The van der Waals surface area contributed by atoms with Crippen molar-refractivity contribution in [2.24, 2.45) is 0 Å². The van der Waals surface area contributed by atoms with Crippen molar-refractivity contribution in [3.63, 3.8) is 0 Å². The molecular formula is C22H20F2N6O4. The lowest BCUT2D eigenvalue weighted by Gasteiger charge is -2.20. The number of fused-ring (bicyclic) bond motifs is 1. The predicted molar refractivity (Wildman–Crippen MR) is 116 cm³/mol. The lowest BCUT2D eigenvalue weighted by Crippen LogP contribution is -2.43. The molecule has 1 aromatic heterocycles. The van der Waals surface area contributed by atoms with E-state index in [2.05, 4.69) is 20.9 Å². The quantitative estimate of drug-likeness (QED) is 0.604. The number of alkyl halides is 2. The van der Waals surface area contributed by atoms with Crippen LogP contribution in [0.5, 0.6) is 5.75 Å². The van der Waals surface area contributed by atoms with Crippen molar-refractivity contribution in [2.45, 2.75) is 18.4 Å². The predicted octanol–water partition coefficient (Wildman–Crippen LogP) is 1.63. The molecule has 10 nitrogen and oxygen atoms in total. The highest BCUT2D eigenvalue weighted by Gasteiger charge is 2.47. The molecule has 0 saturated carbocycles.